The molecule has 0 spiro atoms. The fraction of sp³-hybridized carbons (Fsp3) is 0.500. The maximum absolute atomic E-state index is 11.6. The van der Waals surface area contributed by atoms with Gasteiger partial charge in [0.25, 0.3) is 0 Å². The Balaban J connectivity index is 2.39. The Morgan fingerprint density at radius 2 is 1.95 bits per heavy atom. The molecule has 1 amide bonds. The van der Waals surface area contributed by atoms with Crippen molar-refractivity contribution in [2.24, 2.45) is 5.73 Å². The van der Waals surface area contributed by atoms with Crippen molar-refractivity contribution >= 4 is 6.09 Å². The molecule has 0 fully saturated rings. The van der Waals surface area contributed by atoms with Crippen LogP contribution in [0.25, 0.3) is 0 Å². The summed E-state index contributed by atoms with van der Waals surface area (Å²) in [4.78, 5) is 11.6. The maximum atomic E-state index is 11.6. The summed E-state index contributed by atoms with van der Waals surface area (Å²) in [7, 11) is 0. The Kier molecular flexibility index (Phi) is 5.63. The normalized spacial score (nSPS) is 12.6. The van der Waals surface area contributed by atoms with Crippen molar-refractivity contribution in [3.63, 3.8) is 0 Å². The Morgan fingerprint density at radius 3 is 2.47 bits per heavy atom. The van der Waals surface area contributed by atoms with Crippen LogP contribution in [0.1, 0.15) is 20.8 Å². The molecule has 0 heterocycles. The molecule has 0 saturated heterocycles. The summed E-state index contributed by atoms with van der Waals surface area (Å²) in [5.74, 6) is 0.743. The van der Waals surface area contributed by atoms with Crippen LogP contribution < -0.4 is 15.8 Å². The van der Waals surface area contributed by atoms with Crippen LogP contribution in [0.15, 0.2) is 30.3 Å². The Labute approximate surface area is 114 Å². The van der Waals surface area contributed by atoms with Crippen LogP contribution in [0.4, 0.5) is 4.79 Å². The van der Waals surface area contributed by atoms with Gasteiger partial charge in [-0.1, -0.05) is 18.2 Å². The lowest BCUT2D eigenvalue weighted by molar-refractivity contribution is 0.0490. The number of para-hydroxylation sites is 1. The number of alkyl carbamates (subject to hydrolysis) is 1. The molecule has 5 nitrogen and oxygen atoms in total. The van der Waals surface area contributed by atoms with Gasteiger partial charge in [0.05, 0.1) is 6.04 Å². The first-order chi connectivity index (χ1) is 8.90. The predicted molar refractivity (Wildman–Crippen MR) is 74.1 cm³/mol. The molecule has 19 heavy (non-hydrogen) atoms. The van der Waals surface area contributed by atoms with E-state index < -0.39 is 11.7 Å². The molecule has 3 N–H and O–H groups in total. The van der Waals surface area contributed by atoms with E-state index in [2.05, 4.69) is 5.32 Å². The number of carbonyl (C=O) groups is 1. The highest BCUT2D eigenvalue weighted by atomic mass is 16.6. The molecule has 1 aromatic rings. The minimum Gasteiger partial charge on any atom is -0.491 e. The molecule has 1 aromatic carbocycles. The topological polar surface area (TPSA) is 73.6 Å². The summed E-state index contributed by atoms with van der Waals surface area (Å²) < 4.78 is 10.7. The molecule has 5 heteroatoms. The summed E-state index contributed by atoms with van der Waals surface area (Å²) in [6.45, 7) is 6.02. The molecule has 0 radical (unpaired) electrons. The third kappa shape index (κ3) is 6.67. The molecule has 0 aliphatic heterocycles. The molecule has 0 aliphatic rings. The highest BCUT2D eigenvalue weighted by molar-refractivity contribution is 5.68. The van der Waals surface area contributed by atoms with Crippen molar-refractivity contribution in [2.75, 3.05) is 13.2 Å². The van der Waals surface area contributed by atoms with Crippen molar-refractivity contribution in [1.82, 2.24) is 5.32 Å². The molecule has 1 rings (SSSR count). The van der Waals surface area contributed by atoms with Crippen LogP contribution in [0.2, 0.25) is 0 Å². The highest BCUT2D eigenvalue weighted by Crippen LogP contribution is 2.09. The van der Waals surface area contributed by atoms with Crippen LogP contribution in [-0.2, 0) is 4.74 Å². The molecular weight excluding hydrogens is 244 g/mol. The van der Waals surface area contributed by atoms with Gasteiger partial charge in [-0.2, -0.15) is 0 Å². The van der Waals surface area contributed by atoms with Gasteiger partial charge in [0.15, 0.2) is 0 Å². The van der Waals surface area contributed by atoms with Crippen molar-refractivity contribution in [3.05, 3.63) is 30.3 Å². The fourth-order valence-electron chi connectivity index (χ4n) is 1.36. The third-order valence-corrected chi connectivity index (χ3v) is 2.20. The average Bonchev–Trinajstić information content (AvgIpc) is 2.33. The lowest BCUT2D eigenvalue weighted by Gasteiger charge is -2.23. The van der Waals surface area contributed by atoms with Gasteiger partial charge in [-0.25, -0.2) is 4.79 Å². The smallest absolute Gasteiger partial charge is 0.408 e. The molecule has 0 saturated carbocycles. The van der Waals surface area contributed by atoms with Gasteiger partial charge in [-0.15, -0.1) is 0 Å². The highest BCUT2D eigenvalue weighted by Gasteiger charge is 2.19. The summed E-state index contributed by atoms with van der Waals surface area (Å²) >= 11 is 0. The first-order valence-electron chi connectivity index (χ1n) is 6.28. The molecule has 1 atom stereocenters. The zero-order valence-electron chi connectivity index (χ0n) is 11.7. The van der Waals surface area contributed by atoms with Gasteiger partial charge >= 0.3 is 6.09 Å². The van der Waals surface area contributed by atoms with Crippen molar-refractivity contribution < 1.29 is 14.3 Å². The Bertz CT molecular complexity index is 387. The van der Waals surface area contributed by atoms with E-state index in [-0.39, 0.29) is 12.6 Å². The predicted octanol–water partition coefficient (Wildman–Crippen LogP) is 1.92. The van der Waals surface area contributed by atoms with Gasteiger partial charge in [-0.05, 0) is 32.9 Å². The van der Waals surface area contributed by atoms with Crippen molar-refractivity contribution in [3.8, 4) is 5.75 Å². The van der Waals surface area contributed by atoms with Crippen molar-refractivity contribution in [2.45, 2.75) is 32.4 Å². The quantitative estimate of drug-likeness (QED) is 0.854. The fourth-order valence-corrected chi connectivity index (χ4v) is 1.36. The largest absolute Gasteiger partial charge is 0.491 e. The van der Waals surface area contributed by atoms with E-state index in [1.165, 1.54) is 0 Å². The van der Waals surface area contributed by atoms with Crippen LogP contribution in [0, 0.1) is 0 Å². The lowest BCUT2D eigenvalue weighted by atomic mass is 10.2. The number of nitrogens with one attached hydrogen (secondary N) is 1. The number of amides is 1. The number of benzene rings is 1. The maximum Gasteiger partial charge on any atom is 0.408 e. The molecule has 0 bridgehead atoms. The zero-order chi connectivity index (χ0) is 14.3. The number of hydrogen-bond acceptors (Lipinski definition) is 4. The number of hydrogen-bond donors (Lipinski definition) is 2. The molecule has 0 aromatic heterocycles. The van der Waals surface area contributed by atoms with Gasteiger partial charge < -0.3 is 20.5 Å². The minimum absolute atomic E-state index is 0.282. The van der Waals surface area contributed by atoms with Gasteiger partial charge in [-0.3, -0.25) is 0 Å². The lowest BCUT2D eigenvalue weighted by Crippen LogP contribution is -2.46. The van der Waals surface area contributed by atoms with Crippen molar-refractivity contribution in [1.29, 1.82) is 0 Å². The number of nitrogens with two attached hydrogens (primary N) is 1. The zero-order valence-corrected chi connectivity index (χ0v) is 11.7. The van der Waals surface area contributed by atoms with E-state index in [1.807, 2.05) is 51.1 Å². The molecular formula is C14H22N2O3. The summed E-state index contributed by atoms with van der Waals surface area (Å²) in [6, 6.07) is 9.09. The molecule has 1 unspecified atom stereocenters. The van der Waals surface area contributed by atoms with Gasteiger partial charge in [0.1, 0.15) is 18.0 Å². The van der Waals surface area contributed by atoms with Crippen LogP contribution in [0.3, 0.4) is 0 Å². The van der Waals surface area contributed by atoms with E-state index in [9.17, 15) is 4.79 Å². The standard InChI is InChI=1S/C14H22N2O3/c1-14(2,3)19-13(17)16-11(9-15)10-18-12-7-5-4-6-8-12/h4-8,11H,9-10,15H2,1-3H3,(H,16,17). The third-order valence-electron chi connectivity index (χ3n) is 2.20. The SMILES string of the molecule is CC(C)(C)OC(=O)NC(CN)COc1ccccc1. The minimum atomic E-state index is -0.524. The second-order valence-corrected chi connectivity index (χ2v) is 5.20. The van der Waals surface area contributed by atoms with E-state index in [0.717, 1.165) is 5.75 Å². The monoisotopic (exact) mass is 266 g/mol. The first-order valence-corrected chi connectivity index (χ1v) is 6.28. The second-order valence-electron chi connectivity index (χ2n) is 5.20. The molecule has 0 aliphatic carbocycles. The van der Waals surface area contributed by atoms with E-state index >= 15 is 0 Å². The van der Waals surface area contributed by atoms with E-state index in [4.69, 9.17) is 15.2 Å². The summed E-state index contributed by atoms with van der Waals surface area (Å²) in [6.07, 6.45) is -0.486. The summed E-state index contributed by atoms with van der Waals surface area (Å²) in [5, 5.41) is 2.68. The second kappa shape index (κ2) is 6.99. The van der Waals surface area contributed by atoms with Crippen LogP contribution in [0.5, 0.6) is 5.75 Å². The summed E-state index contributed by atoms with van der Waals surface area (Å²) in [5.41, 5.74) is 5.07. The molecule has 106 valence electrons. The van der Waals surface area contributed by atoms with Crippen LogP contribution >= 0.6 is 0 Å². The van der Waals surface area contributed by atoms with Crippen LogP contribution in [-0.4, -0.2) is 30.9 Å². The van der Waals surface area contributed by atoms with E-state index in [1.54, 1.807) is 0 Å². The number of ether oxygens (including phenoxy) is 2. The van der Waals surface area contributed by atoms with Gasteiger partial charge in [0.2, 0.25) is 0 Å². The Morgan fingerprint density at radius 1 is 1.32 bits per heavy atom. The van der Waals surface area contributed by atoms with E-state index in [0.29, 0.717) is 6.61 Å². The number of carbonyl (C=O) groups excluding carboxylic acids is 1. The Hall–Kier alpha value is -1.75. The average molecular weight is 266 g/mol. The first kappa shape index (κ1) is 15.3. The van der Waals surface area contributed by atoms with Gasteiger partial charge in [0, 0.05) is 6.54 Å². The number of rotatable bonds is 5.